The largest absolute Gasteiger partial charge is 0.481 e. The molecule has 2 aliphatic carbocycles. The smallest absolute Gasteiger partial charge is 0.148 e. The highest BCUT2D eigenvalue weighted by atomic mass is 16.5. The van der Waals surface area contributed by atoms with Gasteiger partial charge in [-0.1, -0.05) is 96.8 Å². The minimum Gasteiger partial charge on any atom is -0.481 e. The lowest BCUT2D eigenvalue weighted by Crippen LogP contribution is -2.24. The maximum absolute atomic E-state index is 5.72. The first-order valence-electron chi connectivity index (χ1n) is 17.0. The molecule has 0 amide bonds. The predicted octanol–water partition coefficient (Wildman–Crippen LogP) is 10.7. The van der Waals surface area contributed by atoms with Gasteiger partial charge in [-0.2, -0.15) is 0 Å². The van der Waals surface area contributed by atoms with Crippen LogP contribution in [0.25, 0.3) is 43.8 Å². The van der Waals surface area contributed by atoms with Crippen molar-refractivity contribution in [1.29, 1.82) is 0 Å². The van der Waals surface area contributed by atoms with Gasteiger partial charge < -0.3 is 9.47 Å². The highest BCUT2D eigenvalue weighted by Crippen LogP contribution is 2.59. The van der Waals surface area contributed by atoms with E-state index < -0.39 is 0 Å². The maximum Gasteiger partial charge on any atom is 0.148 e. The standard InChI is InChI=1S/C48H34O2/c1-5-23-49-37-21-17-31-25-35(19-15-33(31)27-37)47(3)43-13-9-7-11-39(43)41-30-46-42(29-45(41)47)40-12-8-10-14-44(40)48(46,4)36-20-16-34-28-38(50-24-6-2)22-18-32(34)26-36/h1-2,7-22,25-30H,23-24H2,3-4H3. The molecule has 0 fully saturated rings. The molecule has 238 valence electrons. The molecule has 0 aromatic heterocycles. The molecule has 0 N–H and O–H groups in total. The highest BCUT2D eigenvalue weighted by molar-refractivity contribution is 5.94. The number of hydrogen-bond acceptors (Lipinski definition) is 2. The average Bonchev–Trinajstić information content (AvgIpc) is 3.57. The van der Waals surface area contributed by atoms with Gasteiger partial charge in [0.15, 0.2) is 0 Å². The molecule has 0 heterocycles. The molecule has 7 aromatic carbocycles. The molecule has 0 spiro atoms. The summed E-state index contributed by atoms with van der Waals surface area (Å²) in [5.41, 5.74) is 12.4. The minimum atomic E-state index is -0.343. The zero-order valence-corrected chi connectivity index (χ0v) is 28.1. The third kappa shape index (κ3) is 4.26. The monoisotopic (exact) mass is 642 g/mol. The van der Waals surface area contributed by atoms with Crippen molar-refractivity contribution < 1.29 is 9.47 Å². The number of terminal acetylenes is 2. The summed E-state index contributed by atoms with van der Waals surface area (Å²) in [5.74, 6) is 6.68. The first kappa shape index (κ1) is 29.9. The summed E-state index contributed by atoms with van der Waals surface area (Å²) in [6.45, 7) is 5.29. The van der Waals surface area contributed by atoms with E-state index in [-0.39, 0.29) is 24.0 Å². The fraction of sp³-hybridized carbons (Fsp3) is 0.125. The van der Waals surface area contributed by atoms with Crippen LogP contribution in [0.2, 0.25) is 0 Å². The Morgan fingerprint density at radius 1 is 0.440 bits per heavy atom. The Balaban J connectivity index is 1.22. The van der Waals surface area contributed by atoms with E-state index >= 15 is 0 Å². The molecule has 0 aliphatic heterocycles. The summed E-state index contributed by atoms with van der Waals surface area (Å²) in [5, 5.41) is 4.60. The SMILES string of the molecule is C#CCOc1ccc2cc(C3(C)c4ccccc4-c4cc5c(cc43)-c3ccccc3C5(C)c3ccc4cc(OCC#C)ccc4c3)ccc2c1. The third-order valence-electron chi connectivity index (χ3n) is 11.2. The minimum absolute atomic E-state index is 0.257. The average molecular weight is 643 g/mol. The highest BCUT2D eigenvalue weighted by Gasteiger charge is 2.46. The van der Waals surface area contributed by atoms with Crippen molar-refractivity contribution in [3.8, 4) is 58.4 Å². The second kappa shape index (κ2) is 11.2. The molecule has 0 radical (unpaired) electrons. The molecule has 50 heavy (non-hydrogen) atoms. The van der Waals surface area contributed by atoms with Crippen LogP contribution in [0, 0.1) is 24.7 Å². The Kier molecular flexibility index (Phi) is 6.67. The molecule has 0 saturated heterocycles. The second-order valence-electron chi connectivity index (χ2n) is 13.7. The Morgan fingerprint density at radius 3 is 1.28 bits per heavy atom. The van der Waals surface area contributed by atoms with E-state index in [4.69, 9.17) is 22.3 Å². The van der Waals surface area contributed by atoms with Gasteiger partial charge in [-0.05, 0) is 140 Å². The summed E-state index contributed by atoms with van der Waals surface area (Å²) in [6, 6.07) is 48.9. The summed E-state index contributed by atoms with van der Waals surface area (Å²) < 4.78 is 11.4. The quantitative estimate of drug-likeness (QED) is 0.168. The zero-order valence-electron chi connectivity index (χ0n) is 28.1. The van der Waals surface area contributed by atoms with Gasteiger partial charge in [0.2, 0.25) is 0 Å². The molecule has 2 heteroatoms. The van der Waals surface area contributed by atoms with Gasteiger partial charge in [0.1, 0.15) is 24.7 Å². The Hall–Kier alpha value is -6.22. The molecule has 2 aliphatic rings. The number of benzene rings is 7. The van der Waals surface area contributed by atoms with Crippen LogP contribution < -0.4 is 9.47 Å². The van der Waals surface area contributed by atoms with E-state index in [2.05, 4.69) is 147 Å². The summed E-state index contributed by atoms with van der Waals surface area (Å²) in [4.78, 5) is 0. The van der Waals surface area contributed by atoms with Crippen LogP contribution in [0.3, 0.4) is 0 Å². The van der Waals surface area contributed by atoms with Gasteiger partial charge in [-0.25, -0.2) is 0 Å². The van der Waals surface area contributed by atoms with Crippen LogP contribution in [0.1, 0.15) is 47.2 Å². The maximum atomic E-state index is 5.72. The van der Waals surface area contributed by atoms with E-state index in [1.165, 1.54) is 66.4 Å². The Bertz CT molecular complexity index is 2430. The van der Waals surface area contributed by atoms with Crippen molar-refractivity contribution in [3.05, 3.63) is 167 Å². The van der Waals surface area contributed by atoms with Crippen LogP contribution in [0.4, 0.5) is 0 Å². The van der Waals surface area contributed by atoms with Gasteiger partial charge in [0.05, 0.1) is 0 Å². The summed E-state index contributed by atoms with van der Waals surface area (Å²) >= 11 is 0. The van der Waals surface area contributed by atoms with E-state index in [1.54, 1.807) is 0 Å². The zero-order chi connectivity index (χ0) is 34.0. The van der Waals surface area contributed by atoms with E-state index in [1.807, 2.05) is 12.1 Å². The van der Waals surface area contributed by atoms with E-state index in [0.29, 0.717) is 0 Å². The lowest BCUT2D eigenvalue weighted by Gasteiger charge is -2.31. The first-order valence-corrected chi connectivity index (χ1v) is 17.0. The fourth-order valence-electron chi connectivity index (χ4n) is 8.59. The van der Waals surface area contributed by atoms with E-state index in [9.17, 15) is 0 Å². The van der Waals surface area contributed by atoms with E-state index in [0.717, 1.165) is 22.3 Å². The molecular weight excluding hydrogens is 609 g/mol. The van der Waals surface area contributed by atoms with Crippen LogP contribution in [0.15, 0.2) is 133 Å². The van der Waals surface area contributed by atoms with Crippen molar-refractivity contribution in [2.75, 3.05) is 13.2 Å². The first-order chi connectivity index (χ1) is 24.4. The topological polar surface area (TPSA) is 18.5 Å². The molecule has 0 bridgehead atoms. The molecule has 0 saturated carbocycles. The summed E-state index contributed by atoms with van der Waals surface area (Å²) in [7, 11) is 0. The number of ether oxygens (including phenoxy) is 2. The Morgan fingerprint density at radius 2 is 0.840 bits per heavy atom. The van der Waals surface area contributed by atoms with Crippen LogP contribution in [0.5, 0.6) is 11.5 Å². The Labute approximate surface area is 293 Å². The van der Waals surface area contributed by atoms with Gasteiger partial charge >= 0.3 is 0 Å². The number of hydrogen-bond donors (Lipinski definition) is 0. The van der Waals surface area contributed by atoms with Gasteiger partial charge in [-0.15, -0.1) is 12.8 Å². The normalized spacial score (nSPS) is 18.1. The van der Waals surface area contributed by atoms with Crippen LogP contribution >= 0.6 is 0 Å². The lowest BCUT2D eigenvalue weighted by molar-refractivity contribution is 0.371. The summed E-state index contributed by atoms with van der Waals surface area (Å²) in [6.07, 6.45) is 10.9. The molecule has 2 unspecified atom stereocenters. The van der Waals surface area contributed by atoms with Crippen molar-refractivity contribution in [1.82, 2.24) is 0 Å². The molecule has 9 rings (SSSR count). The predicted molar refractivity (Wildman–Crippen MR) is 205 cm³/mol. The number of rotatable bonds is 6. The van der Waals surface area contributed by atoms with Crippen molar-refractivity contribution in [2.24, 2.45) is 0 Å². The third-order valence-corrected chi connectivity index (χ3v) is 11.2. The van der Waals surface area contributed by atoms with Crippen molar-refractivity contribution in [2.45, 2.75) is 24.7 Å². The van der Waals surface area contributed by atoms with Gasteiger partial charge in [0.25, 0.3) is 0 Å². The fourth-order valence-corrected chi connectivity index (χ4v) is 8.59. The molecule has 2 atom stereocenters. The molecule has 2 nitrogen and oxygen atoms in total. The van der Waals surface area contributed by atoms with Gasteiger partial charge in [0, 0.05) is 10.8 Å². The van der Waals surface area contributed by atoms with Crippen molar-refractivity contribution in [3.63, 3.8) is 0 Å². The molecule has 7 aromatic rings. The second-order valence-corrected chi connectivity index (χ2v) is 13.7. The van der Waals surface area contributed by atoms with Crippen LogP contribution in [-0.4, -0.2) is 13.2 Å². The molecular formula is C48H34O2. The van der Waals surface area contributed by atoms with Crippen molar-refractivity contribution >= 4 is 21.5 Å². The lowest BCUT2D eigenvalue weighted by atomic mass is 9.71. The van der Waals surface area contributed by atoms with Crippen LogP contribution in [-0.2, 0) is 10.8 Å². The van der Waals surface area contributed by atoms with Gasteiger partial charge in [-0.3, -0.25) is 0 Å². The number of fused-ring (bicyclic) bond motifs is 8.